The zero-order valence-corrected chi connectivity index (χ0v) is 18.9. The van der Waals surface area contributed by atoms with Crippen LogP contribution >= 0.6 is 0 Å². The summed E-state index contributed by atoms with van der Waals surface area (Å²) in [6.45, 7) is 2.26. The maximum Gasteiger partial charge on any atom is 0.346 e. The molecule has 0 saturated heterocycles. The first-order valence-electron chi connectivity index (χ1n) is 11.8. The molecular weight excluding hydrogens is 392 g/mol. The van der Waals surface area contributed by atoms with Crippen molar-refractivity contribution in [2.75, 3.05) is 0 Å². The Kier molecular flexibility index (Phi) is 14.8. The average Bonchev–Trinajstić information content (AvgIpc) is 3.05. The standard InChI is InChI=1S/C18H34O2.C8H4O3/c1-2-3-4-5-6-7-8-9-10-11-12-13-14-15-16-17-18(19)20;9-7-5-3-1-2-4-6(5)8(10)11-7/h9-10H,2-8,11-17H2,1H3,(H,19,20);1-4H. The smallest absolute Gasteiger partial charge is 0.346 e. The molecule has 0 aliphatic carbocycles. The highest BCUT2D eigenvalue weighted by Crippen LogP contribution is 2.18. The lowest BCUT2D eigenvalue weighted by molar-refractivity contribution is -0.137. The van der Waals surface area contributed by atoms with Crippen molar-refractivity contribution in [3.05, 3.63) is 47.5 Å². The van der Waals surface area contributed by atoms with E-state index in [1.807, 2.05) is 0 Å². The SMILES string of the molecule is CCCCCCCCC=CCCCCCCCC(=O)O.O=C1OC(=O)c2ccccc21. The first kappa shape index (κ1) is 26.6. The number of esters is 2. The second-order valence-electron chi connectivity index (χ2n) is 7.95. The Labute approximate surface area is 186 Å². The fourth-order valence-electron chi connectivity index (χ4n) is 3.38. The summed E-state index contributed by atoms with van der Waals surface area (Å²) in [5.41, 5.74) is 0.718. The van der Waals surface area contributed by atoms with Crippen LogP contribution in [0.25, 0.3) is 0 Å². The van der Waals surface area contributed by atoms with E-state index in [4.69, 9.17) is 5.11 Å². The highest BCUT2D eigenvalue weighted by molar-refractivity contribution is 6.14. The summed E-state index contributed by atoms with van der Waals surface area (Å²) >= 11 is 0. The van der Waals surface area contributed by atoms with Crippen molar-refractivity contribution < 1.29 is 24.2 Å². The molecule has 0 radical (unpaired) electrons. The lowest BCUT2D eigenvalue weighted by Gasteiger charge is -1.99. The van der Waals surface area contributed by atoms with Gasteiger partial charge in [0.25, 0.3) is 0 Å². The summed E-state index contributed by atoms with van der Waals surface area (Å²) in [5, 5.41) is 8.51. The first-order chi connectivity index (χ1) is 15.1. The summed E-state index contributed by atoms with van der Waals surface area (Å²) in [5.74, 6) is -1.76. The lowest BCUT2D eigenvalue weighted by Crippen LogP contribution is -1.96. The van der Waals surface area contributed by atoms with Gasteiger partial charge in [0, 0.05) is 6.42 Å². The van der Waals surface area contributed by atoms with E-state index in [0.717, 1.165) is 12.8 Å². The Hall–Kier alpha value is -2.43. The van der Waals surface area contributed by atoms with Crippen molar-refractivity contribution >= 4 is 17.9 Å². The molecule has 1 aromatic rings. The molecular formula is C26H38O5. The number of carbonyl (C=O) groups excluding carboxylic acids is 2. The van der Waals surface area contributed by atoms with E-state index in [9.17, 15) is 14.4 Å². The highest BCUT2D eigenvalue weighted by atomic mass is 16.6. The van der Waals surface area contributed by atoms with Crippen LogP contribution in [0.3, 0.4) is 0 Å². The molecule has 1 N–H and O–H groups in total. The number of hydrogen-bond acceptors (Lipinski definition) is 4. The van der Waals surface area contributed by atoms with E-state index < -0.39 is 17.9 Å². The molecule has 1 aromatic carbocycles. The Morgan fingerprint density at radius 2 is 1.23 bits per heavy atom. The van der Waals surface area contributed by atoms with E-state index in [1.165, 1.54) is 70.6 Å². The molecule has 1 aliphatic heterocycles. The molecule has 5 nitrogen and oxygen atoms in total. The molecule has 0 saturated carbocycles. The van der Waals surface area contributed by atoms with Gasteiger partial charge in [-0.1, -0.05) is 82.6 Å². The quantitative estimate of drug-likeness (QED) is 0.139. The van der Waals surface area contributed by atoms with Crippen LogP contribution in [0.15, 0.2) is 36.4 Å². The molecule has 0 unspecified atom stereocenters. The summed E-state index contributed by atoms with van der Waals surface area (Å²) in [4.78, 5) is 32.0. The minimum Gasteiger partial charge on any atom is -0.481 e. The Morgan fingerprint density at radius 1 is 0.774 bits per heavy atom. The van der Waals surface area contributed by atoms with Crippen LogP contribution in [-0.4, -0.2) is 23.0 Å². The zero-order chi connectivity index (χ0) is 22.7. The number of carboxylic acids is 1. The maximum atomic E-state index is 10.8. The third-order valence-corrected chi connectivity index (χ3v) is 5.20. The number of unbranched alkanes of at least 4 members (excludes halogenated alkanes) is 11. The predicted molar refractivity (Wildman–Crippen MR) is 123 cm³/mol. The van der Waals surface area contributed by atoms with Gasteiger partial charge in [0.1, 0.15) is 0 Å². The van der Waals surface area contributed by atoms with Crippen LogP contribution in [0.1, 0.15) is 118 Å². The number of benzene rings is 1. The van der Waals surface area contributed by atoms with Crippen molar-refractivity contribution in [3.63, 3.8) is 0 Å². The largest absolute Gasteiger partial charge is 0.481 e. The van der Waals surface area contributed by atoms with Crippen molar-refractivity contribution in [2.24, 2.45) is 0 Å². The summed E-state index contributed by atoms with van der Waals surface area (Å²) in [6, 6.07) is 6.53. The van der Waals surface area contributed by atoms with Gasteiger partial charge in [-0.25, -0.2) is 9.59 Å². The number of rotatable bonds is 15. The van der Waals surface area contributed by atoms with Gasteiger partial charge in [-0.3, -0.25) is 4.79 Å². The average molecular weight is 431 g/mol. The minimum atomic E-state index is -0.664. The minimum absolute atomic E-state index is 0.332. The molecule has 5 heteroatoms. The van der Waals surface area contributed by atoms with Crippen molar-refractivity contribution in [2.45, 2.75) is 96.8 Å². The highest BCUT2D eigenvalue weighted by Gasteiger charge is 2.28. The summed E-state index contributed by atoms with van der Waals surface area (Å²) in [7, 11) is 0. The predicted octanol–water partition coefficient (Wildman–Crippen LogP) is 7.11. The second-order valence-corrected chi connectivity index (χ2v) is 7.95. The van der Waals surface area contributed by atoms with E-state index in [1.54, 1.807) is 24.3 Å². The Bertz CT molecular complexity index is 660. The van der Waals surface area contributed by atoms with Crippen molar-refractivity contribution in [1.82, 2.24) is 0 Å². The number of aliphatic carboxylic acids is 1. The van der Waals surface area contributed by atoms with E-state index in [0.29, 0.717) is 17.5 Å². The number of ether oxygens (including phenoxy) is 1. The van der Waals surface area contributed by atoms with Gasteiger partial charge in [-0.2, -0.15) is 0 Å². The fraction of sp³-hybridized carbons (Fsp3) is 0.577. The molecule has 1 heterocycles. The number of allylic oxidation sites excluding steroid dienone is 2. The van der Waals surface area contributed by atoms with Crippen LogP contribution in [-0.2, 0) is 9.53 Å². The number of fused-ring (bicyclic) bond motifs is 1. The van der Waals surface area contributed by atoms with Crippen LogP contribution in [0.4, 0.5) is 0 Å². The number of hydrogen-bond donors (Lipinski definition) is 1. The zero-order valence-electron chi connectivity index (χ0n) is 18.9. The van der Waals surface area contributed by atoms with Crippen molar-refractivity contribution in [3.8, 4) is 0 Å². The number of carbonyl (C=O) groups is 3. The molecule has 31 heavy (non-hydrogen) atoms. The molecule has 172 valence electrons. The van der Waals surface area contributed by atoms with Gasteiger partial charge in [0.05, 0.1) is 11.1 Å². The van der Waals surface area contributed by atoms with Gasteiger partial charge in [0.2, 0.25) is 0 Å². The van der Waals surface area contributed by atoms with Crippen LogP contribution in [0, 0.1) is 0 Å². The first-order valence-corrected chi connectivity index (χ1v) is 11.8. The Morgan fingerprint density at radius 3 is 1.71 bits per heavy atom. The molecule has 0 amide bonds. The molecule has 0 atom stereocenters. The van der Waals surface area contributed by atoms with E-state index in [2.05, 4.69) is 23.8 Å². The van der Waals surface area contributed by atoms with Gasteiger partial charge < -0.3 is 9.84 Å². The molecule has 1 aliphatic rings. The topological polar surface area (TPSA) is 80.7 Å². The lowest BCUT2D eigenvalue weighted by atomic mass is 10.1. The molecule has 0 bridgehead atoms. The van der Waals surface area contributed by atoms with Gasteiger partial charge >= 0.3 is 17.9 Å². The molecule has 0 spiro atoms. The maximum absolute atomic E-state index is 10.8. The third-order valence-electron chi connectivity index (χ3n) is 5.20. The van der Waals surface area contributed by atoms with Crippen molar-refractivity contribution in [1.29, 1.82) is 0 Å². The van der Waals surface area contributed by atoms with Gasteiger partial charge in [-0.15, -0.1) is 0 Å². The van der Waals surface area contributed by atoms with Crippen LogP contribution in [0.5, 0.6) is 0 Å². The second kappa shape index (κ2) is 17.3. The third kappa shape index (κ3) is 12.8. The molecule has 0 fully saturated rings. The number of cyclic esters (lactones) is 2. The summed E-state index contributed by atoms with van der Waals surface area (Å²) < 4.78 is 4.35. The monoisotopic (exact) mass is 430 g/mol. The van der Waals surface area contributed by atoms with E-state index in [-0.39, 0.29) is 0 Å². The Balaban J connectivity index is 0.000000361. The summed E-state index contributed by atoms with van der Waals surface area (Å²) in [6.07, 6.45) is 21.2. The number of carboxylic acid groups (broad SMARTS) is 1. The normalized spacial score (nSPS) is 12.4. The molecule has 0 aromatic heterocycles. The fourth-order valence-corrected chi connectivity index (χ4v) is 3.38. The van der Waals surface area contributed by atoms with Gasteiger partial charge in [-0.05, 0) is 44.2 Å². The van der Waals surface area contributed by atoms with Gasteiger partial charge in [0.15, 0.2) is 0 Å². The molecule has 2 rings (SSSR count). The van der Waals surface area contributed by atoms with E-state index >= 15 is 0 Å². The van der Waals surface area contributed by atoms with Crippen LogP contribution < -0.4 is 0 Å². The van der Waals surface area contributed by atoms with Crippen LogP contribution in [0.2, 0.25) is 0 Å².